The van der Waals surface area contributed by atoms with E-state index in [9.17, 15) is 0 Å². The Labute approximate surface area is 251 Å². The van der Waals surface area contributed by atoms with Crippen LogP contribution in [0.25, 0.3) is 11.6 Å². The molecule has 218 valence electrons. The van der Waals surface area contributed by atoms with Gasteiger partial charge in [-0.2, -0.15) is 0 Å². The number of hydrogen-bond acceptors (Lipinski definition) is 5. The standard InChI is InChI=1S/C37H44N4O/c1-2-28-25-38-36(39-26-28)41-21-16-29(17-22-41)27-42-34-13-9-31(10-14-34)30-7-11-33(12-8-30)40-23-19-37(20-24-40)18-15-32-5-3-4-6-35(32)37/h3-7,9-10,13-15,18,25-26,29,33H,2,8,11-12,16-17,19-24,27H2,1H3. The largest absolute Gasteiger partial charge is 0.493 e. The Morgan fingerprint density at radius 1 is 0.905 bits per heavy atom. The summed E-state index contributed by atoms with van der Waals surface area (Å²) in [5.74, 6) is 2.43. The maximum Gasteiger partial charge on any atom is 0.225 e. The van der Waals surface area contributed by atoms with E-state index < -0.39 is 0 Å². The number of rotatable bonds is 7. The van der Waals surface area contributed by atoms with Crippen molar-refractivity contribution < 1.29 is 4.74 Å². The molecule has 2 saturated heterocycles. The fourth-order valence-electron chi connectivity index (χ4n) is 7.55. The lowest BCUT2D eigenvalue weighted by molar-refractivity contribution is 0.125. The molecule has 0 N–H and O–H groups in total. The molecule has 5 nitrogen and oxygen atoms in total. The van der Waals surface area contributed by atoms with Gasteiger partial charge in [0.2, 0.25) is 5.95 Å². The van der Waals surface area contributed by atoms with Gasteiger partial charge in [0.05, 0.1) is 6.61 Å². The lowest BCUT2D eigenvalue weighted by atomic mass is 9.74. The number of allylic oxidation sites excluding steroid dienone is 2. The molecule has 1 unspecified atom stereocenters. The fraction of sp³-hybridized carbons (Fsp3) is 0.459. The topological polar surface area (TPSA) is 41.5 Å². The highest BCUT2D eigenvalue weighted by molar-refractivity contribution is 5.67. The Kier molecular flexibility index (Phi) is 7.86. The highest BCUT2D eigenvalue weighted by Crippen LogP contribution is 2.44. The third-order valence-electron chi connectivity index (χ3n) is 10.4. The number of likely N-dealkylation sites (tertiary alicyclic amines) is 1. The monoisotopic (exact) mass is 560 g/mol. The second-order valence-corrected chi connectivity index (χ2v) is 12.8. The molecule has 2 aliphatic heterocycles. The van der Waals surface area contributed by atoms with Crippen molar-refractivity contribution in [3.8, 4) is 5.75 Å². The molecule has 0 amide bonds. The minimum Gasteiger partial charge on any atom is -0.493 e. The summed E-state index contributed by atoms with van der Waals surface area (Å²) in [5.41, 5.74) is 7.31. The Bertz CT molecular complexity index is 1410. The molecule has 1 spiro atoms. The molecule has 1 atom stereocenters. The number of nitrogens with zero attached hydrogens (tertiary/aromatic N) is 4. The first kappa shape index (κ1) is 27.4. The number of piperidine rings is 2. The first-order valence-electron chi connectivity index (χ1n) is 16.2. The van der Waals surface area contributed by atoms with Crippen molar-refractivity contribution >= 4 is 17.6 Å². The Morgan fingerprint density at radius 3 is 2.38 bits per heavy atom. The Morgan fingerprint density at radius 2 is 1.67 bits per heavy atom. The van der Waals surface area contributed by atoms with Crippen LogP contribution in [0.4, 0.5) is 5.95 Å². The maximum atomic E-state index is 6.24. The van der Waals surface area contributed by atoms with E-state index in [4.69, 9.17) is 4.74 Å². The van der Waals surface area contributed by atoms with Gasteiger partial charge in [-0.1, -0.05) is 61.5 Å². The van der Waals surface area contributed by atoms with Crippen LogP contribution < -0.4 is 9.64 Å². The van der Waals surface area contributed by atoms with E-state index >= 15 is 0 Å². The number of aryl methyl sites for hydroxylation is 1. The number of ether oxygens (including phenoxy) is 1. The second kappa shape index (κ2) is 12.0. The van der Waals surface area contributed by atoms with E-state index in [1.165, 1.54) is 67.5 Å². The zero-order valence-corrected chi connectivity index (χ0v) is 25.0. The van der Waals surface area contributed by atoms with Gasteiger partial charge in [-0.05, 0) is 110 Å². The van der Waals surface area contributed by atoms with Gasteiger partial charge in [0.25, 0.3) is 0 Å². The highest BCUT2D eigenvalue weighted by atomic mass is 16.5. The molecule has 4 aliphatic rings. The Hall–Kier alpha value is -3.44. The predicted molar refractivity (Wildman–Crippen MR) is 172 cm³/mol. The first-order chi connectivity index (χ1) is 20.7. The van der Waals surface area contributed by atoms with E-state index in [2.05, 4.69) is 93.5 Å². The zero-order valence-electron chi connectivity index (χ0n) is 25.0. The number of anilines is 1. The van der Waals surface area contributed by atoms with Crippen LogP contribution in [0.15, 0.2) is 73.1 Å². The molecule has 0 saturated carbocycles. The molecule has 7 rings (SSSR count). The highest BCUT2D eigenvalue weighted by Gasteiger charge is 2.39. The molecule has 2 aromatic carbocycles. The van der Waals surface area contributed by atoms with Crippen molar-refractivity contribution in [2.45, 2.75) is 69.7 Å². The van der Waals surface area contributed by atoms with E-state index in [-0.39, 0.29) is 5.41 Å². The molecule has 0 bridgehead atoms. The summed E-state index contributed by atoms with van der Waals surface area (Å²) >= 11 is 0. The summed E-state index contributed by atoms with van der Waals surface area (Å²) in [6.45, 7) is 7.33. The van der Waals surface area contributed by atoms with Crippen molar-refractivity contribution in [1.82, 2.24) is 14.9 Å². The van der Waals surface area contributed by atoms with Crippen LogP contribution >= 0.6 is 0 Å². The summed E-state index contributed by atoms with van der Waals surface area (Å²) in [7, 11) is 0. The molecule has 3 aromatic rings. The summed E-state index contributed by atoms with van der Waals surface area (Å²) in [6, 6.07) is 18.5. The average molecular weight is 561 g/mol. The smallest absolute Gasteiger partial charge is 0.225 e. The van der Waals surface area contributed by atoms with Gasteiger partial charge in [-0.3, -0.25) is 4.90 Å². The van der Waals surface area contributed by atoms with Crippen molar-refractivity contribution in [2.24, 2.45) is 5.92 Å². The summed E-state index contributed by atoms with van der Waals surface area (Å²) in [4.78, 5) is 14.2. The molecule has 3 heterocycles. The normalized spacial score (nSPS) is 22.3. The van der Waals surface area contributed by atoms with Gasteiger partial charge in [0, 0.05) is 36.9 Å². The molecular weight excluding hydrogens is 516 g/mol. The van der Waals surface area contributed by atoms with Crippen molar-refractivity contribution in [3.63, 3.8) is 0 Å². The molecule has 42 heavy (non-hydrogen) atoms. The van der Waals surface area contributed by atoms with Crippen LogP contribution in [0.1, 0.15) is 74.1 Å². The molecule has 1 aromatic heterocycles. The quantitative estimate of drug-likeness (QED) is 0.303. The zero-order chi connectivity index (χ0) is 28.4. The third-order valence-corrected chi connectivity index (χ3v) is 10.4. The van der Waals surface area contributed by atoms with Crippen LogP contribution in [0.3, 0.4) is 0 Å². The van der Waals surface area contributed by atoms with E-state index in [1.807, 2.05) is 12.4 Å². The fourth-order valence-corrected chi connectivity index (χ4v) is 7.55. The van der Waals surface area contributed by atoms with Crippen LogP contribution in [0.5, 0.6) is 5.75 Å². The van der Waals surface area contributed by atoms with Crippen molar-refractivity contribution in [1.29, 1.82) is 0 Å². The summed E-state index contributed by atoms with van der Waals surface area (Å²) < 4.78 is 6.24. The average Bonchev–Trinajstić information content (AvgIpc) is 3.42. The van der Waals surface area contributed by atoms with Gasteiger partial charge >= 0.3 is 0 Å². The SMILES string of the molecule is CCc1cnc(N2CCC(COc3ccc(C4=CCC(N5CCC6(C=Cc7ccccc76)CC5)CC4)cc3)CC2)nc1. The van der Waals surface area contributed by atoms with Crippen LogP contribution in [0.2, 0.25) is 0 Å². The predicted octanol–water partition coefficient (Wildman–Crippen LogP) is 7.33. The minimum atomic E-state index is 0.278. The summed E-state index contributed by atoms with van der Waals surface area (Å²) in [5, 5.41) is 0. The number of aromatic nitrogens is 2. The van der Waals surface area contributed by atoms with E-state index in [1.54, 1.807) is 5.56 Å². The number of fused-ring (bicyclic) bond motifs is 2. The van der Waals surface area contributed by atoms with Gasteiger partial charge in [0.15, 0.2) is 0 Å². The van der Waals surface area contributed by atoms with E-state index in [0.717, 1.165) is 50.7 Å². The Balaban J connectivity index is 0.864. The molecule has 0 radical (unpaired) electrons. The van der Waals surface area contributed by atoms with Crippen LogP contribution in [-0.4, -0.2) is 53.7 Å². The van der Waals surface area contributed by atoms with Crippen molar-refractivity contribution in [2.75, 3.05) is 37.7 Å². The van der Waals surface area contributed by atoms with Crippen LogP contribution in [-0.2, 0) is 11.8 Å². The molecule has 2 fully saturated rings. The maximum absolute atomic E-state index is 6.24. The van der Waals surface area contributed by atoms with Gasteiger partial charge in [0.1, 0.15) is 5.75 Å². The van der Waals surface area contributed by atoms with Crippen LogP contribution in [0, 0.1) is 5.92 Å². The molecule has 5 heteroatoms. The number of benzene rings is 2. The van der Waals surface area contributed by atoms with E-state index in [0.29, 0.717) is 12.0 Å². The number of hydrogen-bond donors (Lipinski definition) is 0. The van der Waals surface area contributed by atoms with Gasteiger partial charge < -0.3 is 9.64 Å². The second-order valence-electron chi connectivity index (χ2n) is 12.8. The first-order valence-corrected chi connectivity index (χ1v) is 16.2. The minimum absolute atomic E-state index is 0.278. The lowest BCUT2D eigenvalue weighted by Gasteiger charge is -2.43. The summed E-state index contributed by atoms with van der Waals surface area (Å²) in [6.07, 6.45) is 20.6. The molecule has 2 aliphatic carbocycles. The lowest BCUT2D eigenvalue weighted by Crippen LogP contribution is -2.46. The third kappa shape index (κ3) is 5.64. The van der Waals surface area contributed by atoms with Gasteiger partial charge in [-0.15, -0.1) is 0 Å². The molecular formula is C37H44N4O. The van der Waals surface area contributed by atoms with Crippen molar-refractivity contribution in [3.05, 3.63) is 95.3 Å². The van der Waals surface area contributed by atoms with Gasteiger partial charge in [-0.25, -0.2) is 9.97 Å².